The van der Waals surface area contributed by atoms with Crippen LogP contribution in [0, 0.1) is 6.92 Å². The lowest BCUT2D eigenvalue weighted by Gasteiger charge is -2.18. The van der Waals surface area contributed by atoms with Crippen molar-refractivity contribution in [2.45, 2.75) is 19.1 Å². The van der Waals surface area contributed by atoms with E-state index in [9.17, 15) is 0 Å². The van der Waals surface area contributed by atoms with Crippen LogP contribution in [-0.2, 0) is 11.3 Å². The third-order valence-corrected chi connectivity index (χ3v) is 6.21. The van der Waals surface area contributed by atoms with Gasteiger partial charge in [-0.2, -0.15) is 0 Å². The van der Waals surface area contributed by atoms with E-state index in [1.165, 1.54) is 15.9 Å². The monoisotopic (exact) mass is 268 g/mol. The van der Waals surface area contributed by atoms with Crippen LogP contribution in [0.1, 0.15) is 12.0 Å². The van der Waals surface area contributed by atoms with Crippen LogP contribution in [0.5, 0.6) is 0 Å². The second-order valence-corrected chi connectivity index (χ2v) is 7.11. The Kier molecular flexibility index (Phi) is 5.37. The molecule has 2 radical (unpaired) electrons. The Morgan fingerprint density at radius 2 is 1.68 bits per heavy atom. The molecular formula is C17H20OSi. The fraction of sp³-hybridized carbons (Fsp3) is 0.235. The highest BCUT2D eigenvalue weighted by Gasteiger charge is 2.18. The topological polar surface area (TPSA) is 9.23 Å². The molecule has 0 bridgehead atoms. The number of benzene rings is 2. The highest BCUT2D eigenvalue weighted by molar-refractivity contribution is 6.85. The van der Waals surface area contributed by atoms with Crippen molar-refractivity contribution >= 4 is 19.2 Å². The molecule has 0 fully saturated rings. The van der Waals surface area contributed by atoms with Crippen LogP contribution >= 0.6 is 0 Å². The molecule has 0 saturated heterocycles. The molecule has 0 spiro atoms. The molecule has 2 aromatic rings. The first-order valence-corrected chi connectivity index (χ1v) is 8.35. The lowest BCUT2D eigenvalue weighted by Crippen LogP contribution is -2.43. The minimum atomic E-state index is -0.745. The van der Waals surface area contributed by atoms with Crippen LogP contribution in [0.4, 0.5) is 0 Å². The molecule has 0 saturated carbocycles. The highest BCUT2D eigenvalue weighted by atomic mass is 28.3. The van der Waals surface area contributed by atoms with Crippen molar-refractivity contribution in [3.8, 4) is 0 Å². The molecule has 0 aliphatic rings. The first-order valence-electron chi connectivity index (χ1n) is 6.64. The maximum absolute atomic E-state index is 5.33. The fourth-order valence-corrected chi connectivity index (χ4v) is 5.00. The van der Waals surface area contributed by atoms with Gasteiger partial charge in [0.15, 0.2) is 0 Å². The van der Waals surface area contributed by atoms with E-state index in [1.807, 2.05) is 0 Å². The second-order valence-electron chi connectivity index (χ2n) is 4.54. The van der Waals surface area contributed by atoms with Crippen molar-refractivity contribution in [2.24, 2.45) is 0 Å². The summed E-state index contributed by atoms with van der Waals surface area (Å²) in [5.74, 6) is 0. The summed E-state index contributed by atoms with van der Waals surface area (Å²) in [5, 5.41) is 2.92. The van der Waals surface area contributed by atoms with Crippen LogP contribution in [0.3, 0.4) is 0 Å². The van der Waals surface area contributed by atoms with Gasteiger partial charge in [0.25, 0.3) is 0 Å². The smallest absolute Gasteiger partial charge is 0.121 e. The van der Waals surface area contributed by atoms with E-state index in [4.69, 9.17) is 4.74 Å². The fourth-order valence-electron chi connectivity index (χ4n) is 2.35. The van der Waals surface area contributed by atoms with Crippen molar-refractivity contribution in [1.82, 2.24) is 0 Å². The third-order valence-electron chi connectivity index (χ3n) is 3.19. The second kappa shape index (κ2) is 7.27. The minimum absolute atomic E-state index is 0.689. The zero-order valence-electron chi connectivity index (χ0n) is 11.4. The number of ether oxygens (including phenoxy) is 1. The van der Waals surface area contributed by atoms with Gasteiger partial charge >= 0.3 is 0 Å². The molecule has 0 atom stereocenters. The first-order chi connectivity index (χ1) is 9.36. The molecule has 2 heteroatoms. The molecule has 0 aliphatic carbocycles. The van der Waals surface area contributed by atoms with E-state index in [0.717, 1.165) is 12.5 Å². The van der Waals surface area contributed by atoms with Crippen LogP contribution in [-0.4, -0.2) is 15.9 Å². The highest BCUT2D eigenvalue weighted by Crippen LogP contribution is 2.06. The van der Waals surface area contributed by atoms with Crippen molar-refractivity contribution in [3.63, 3.8) is 0 Å². The van der Waals surface area contributed by atoms with Gasteiger partial charge in [-0.25, -0.2) is 0 Å². The Morgan fingerprint density at radius 1 is 1.00 bits per heavy atom. The van der Waals surface area contributed by atoms with E-state index in [0.29, 0.717) is 6.61 Å². The predicted molar refractivity (Wildman–Crippen MR) is 83.4 cm³/mol. The van der Waals surface area contributed by atoms with Gasteiger partial charge in [-0.1, -0.05) is 84.4 Å². The summed E-state index contributed by atoms with van der Waals surface area (Å²) >= 11 is 0. The average Bonchev–Trinajstić information content (AvgIpc) is 2.47. The molecule has 19 heavy (non-hydrogen) atoms. The molecule has 1 nitrogen and oxygen atoms in total. The summed E-state index contributed by atoms with van der Waals surface area (Å²) < 4.78 is 5.33. The Bertz CT molecular complexity index is 496. The molecule has 0 aliphatic heterocycles. The van der Waals surface area contributed by atoms with Gasteiger partial charge in [0, 0.05) is 7.11 Å². The zero-order valence-corrected chi connectivity index (χ0v) is 12.4. The van der Waals surface area contributed by atoms with Crippen molar-refractivity contribution in [1.29, 1.82) is 0 Å². The molecule has 98 valence electrons. The van der Waals surface area contributed by atoms with E-state index in [-0.39, 0.29) is 0 Å². The number of hydrogen-bond acceptors (Lipinski definition) is 1. The van der Waals surface area contributed by atoms with Gasteiger partial charge in [0.05, 0.1) is 6.61 Å². The van der Waals surface area contributed by atoms with Crippen molar-refractivity contribution in [2.75, 3.05) is 7.11 Å². The van der Waals surface area contributed by atoms with Gasteiger partial charge in [-0.3, -0.25) is 0 Å². The third kappa shape index (κ3) is 3.55. The van der Waals surface area contributed by atoms with E-state index < -0.39 is 8.80 Å². The van der Waals surface area contributed by atoms with Crippen molar-refractivity contribution < 1.29 is 4.74 Å². The standard InChI is InChI=1S/C17H20OSi/c1-3-13-19(16-10-5-4-6-11-16)17-12-8-7-9-15(17)14-18-2/h4-12H,1,3,13-14H2,2H3. The molecule has 0 unspecified atom stereocenters. The summed E-state index contributed by atoms with van der Waals surface area (Å²) in [4.78, 5) is 0. The summed E-state index contributed by atoms with van der Waals surface area (Å²) in [5.41, 5.74) is 1.32. The SMILES string of the molecule is [CH2]CC[Si](c1ccccc1)c1ccccc1COC. The number of methoxy groups -OCH3 is 1. The van der Waals surface area contributed by atoms with Crippen LogP contribution in [0.15, 0.2) is 54.6 Å². The number of rotatable bonds is 6. The van der Waals surface area contributed by atoms with E-state index >= 15 is 0 Å². The molecule has 2 rings (SSSR count). The van der Waals surface area contributed by atoms with Gasteiger partial charge in [-0.15, -0.1) is 0 Å². The molecule has 0 aromatic heterocycles. The first kappa shape index (κ1) is 14.0. The summed E-state index contributed by atoms with van der Waals surface area (Å²) in [6, 6.07) is 20.6. The molecular weight excluding hydrogens is 248 g/mol. The normalized spacial score (nSPS) is 10.9. The largest absolute Gasteiger partial charge is 0.380 e. The van der Waals surface area contributed by atoms with Gasteiger partial charge in [0.1, 0.15) is 8.80 Å². The Hall–Kier alpha value is -1.38. The summed E-state index contributed by atoms with van der Waals surface area (Å²) in [7, 11) is 1.01. The molecule has 0 heterocycles. The predicted octanol–water partition coefficient (Wildman–Crippen LogP) is 2.67. The van der Waals surface area contributed by atoms with Gasteiger partial charge < -0.3 is 4.74 Å². The zero-order chi connectivity index (χ0) is 13.5. The van der Waals surface area contributed by atoms with E-state index in [2.05, 4.69) is 61.5 Å². The quantitative estimate of drug-likeness (QED) is 0.732. The van der Waals surface area contributed by atoms with Crippen molar-refractivity contribution in [3.05, 3.63) is 67.1 Å². The number of hydrogen-bond donors (Lipinski definition) is 0. The van der Waals surface area contributed by atoms with Crippen LogP contribution < -0.4 is 10.4 Å². The Balaban J connectivity index is 2.39. The van der Waals surface area contributed by atoms with Gasteiger partial charge in [0.2, 0.25) is 0 Å². The molecule has 0 N–H and O–H groups in total. The maximum Gasteiger partial charge on any atom is 0.121 e. The molecule has 2 aromatic carbocycles. The Morgan fingerprint density at radius 3 is 2.37 bits per heavy atom. The lowest BCUT2D eigenvalue weighted by molar-refractivity contribution is 0.185. The summed E-state index contributed by atoms with van der Waals surface area (Å²) in [6.07, 6.45) is 0.977. The minimum Gasteiger partial charge on any atom is -0.380 e. The Labute approximate surface area is 117 Å². The molecule has 0 amide bonds. The van der Waals surface area contributed by atoms with Gasteiger partial charge in [-0.05, 0) is 5.56 Å². The van der Waals surface area contributed by atoms with Crippen LogP contribution in [0.25, 0.3) is 0 Å². The maximum atomic E-state index is 5.33. The summed E-state index contributed by atoms with van der Waals surface area (Å²) in [6.45, 7) is 4.74. The van der Waals surface area contributed by atoms with E-state index in [1.54, 1.807) is 7.11 Å². The van der Waals surface area contributed by atoms with Crippen LogP contribution in [0.2, 0.25) is 6.04 Å². The lowest BCUT2D eigenvalue weighted by atomic mass is 10.2. The average molecular weight is 268 g/mol.